The lowest BCUT2D eigenvalue weighted by Crippen LogP contribution is -2.19. The highest BCUT2D eigenvalue weighted by Crippen LogP contribution is 2.34. The monoisotopic (exact) mass is 341 g/mol. The molecule has 0 saturated heterocycles. The lowest BCUT2D eigenvalue weighted by Gasteiger charge is -2.10. The van der Waals surface area contributed by atoms with Crippen LogP contribution in [0.15, 0.2) is 36.4 Å². The molecule has 0 aliphatic rings. The third kappa shape index (κ3) is 3.38. The highest BCUT2D eigenvalue weighted by molar-refractivity contribution is 6.44. The summed E-state index contributed by atoms with van der Waals surface area (Å²) < 4.78 is 0. The second-order valence-electron chi connectivity index (χ2n) is 4.11. The predicted octanol–water partition coefficient (Wildman–Crippen LogP) is 4.25. The van der Waals surface area contributed by atoms with Crippen molar-refractivity contribution in [1.82, 2.24) is 0 Å². The van der Waals surface area contributed by atoms with E-state index in [4.69, 9.17) is 23.2 Å². The van der Waals surface area contributed by atoms with Crippen LogP contribution in [0.25, 0.3) is 0 Å². The van der Waals surface area contributed by atoms with Gasteiger partial charge in [-0.2, -0.15) is 0 Å². The molecule has 9 heteroatoms. The molecule has 3 N–H and O–H groups in total. The first-order valence-corrected chi connectivity index (χ1v) is 6.64. The molecule has 0 atom stereocenters. The Morgan fingerprint density at radius 3 is 2.36 bits per heavy atom. The predicted molar refractivity (Wildman–Crippen MR) is 83.9 cm³/mol. The summed E-state index contributed by atoms with van der Waals surface area (Å²) in [5.74, 6) is -0.639. The van der Waals surface area contributed by atoms with E-state index in [1.54, 1.807) is 12.1 Å². The number of carbonyl (C=O) groups is 1. The van der Waals surface area contributed by atoms with Gasteiger partial charge in [0.1, 0.15) is 0 Å². The second kappa shape index (κ2) is 6.50. The highest BCUT2D eigenvalue weighted by Gasteiger charge is 2.18. The van der Waals surface area contributed by atoms with Gasteiger partial charge in [-0.05, 0) is 18.2 Å². The van der Waals surface area contributed by atoms with Gasteiger partial charge in [0, 0.05) is 6.07 Å². The molecule has 7 nitrogen and oxygen atoms in total. The van der Waals surface area contributed by atoms with Crippen LogP contribution in [0, 0.1) is 10.1 Å². The van der Waals surface area contributed by atoms with Gasteiger partial charge in [0.2, 0.25) is 5.75 Å². The van der Waals surface area contributed by atoms with Gasteiger partial charge < -0.3 is 15.7 Å². The van der Waals surface area contributed by atoms with E-state index in [-0.39, 0.29) is 21.4 Å². The number of hydrogen-bond donors (Lipinski definition) is 3. The average Bonchev–Trinajstić information content (AvgIpc) is 2.46. The van der Waals surface area contributed by atoms with Crippen molar-refractivity contribution in [2.24, 2.45) is 0 Å². The number of anilines is 2. The Bertz CT molecular complexity index is 752. The molecule has 0 radical (unpaired) electrons. The fraction of sp³-hybridized carbons (Fsp3) is 0. The Balaban J connectivity index is 2.18. The van der Waals surface area contributed by atoms with Crippen molar-refractivity contribution in [3.05, 3.63) is 56.6 Å². The molecule has 2 amide bonds. The van der Waals surface area contributed by atoms with Gasteiger partial charge in [0.15, 0.2) is 0 Å². The van der Waals surface area contributed by atoms with Crippen LogP contribution in [0.5, 0.6) is 5.75 Å². The van der Waals surface area contributed by atoms with Crippen LogP contribution >= 0.6 is 23.2 Å². The molecule has 0 unspecified atom stereocenters. The van der Waals surface area contributed by atoms with Gasteiger partial charge in [-0.25, -0.2) is 4.79 Å². The van der Waals surface area contributed by atoms with Gasteiger partial charge in [0.25, 0.3) is 0 Å². The molecule has 0 spiro atoms. The number of rotatable bonds is 3. The Morgan fingerprint density at radius 2 is 1.68 bits per heavy atom. The molecule has 0 aliphatic carbocycles. The van der Waals surface area contributed by atoms with E-state index in [1.807, 2.05) is 0 Å². The van der Waals surface area contributed by atoms with Crippen LogP contribution in [0.3, 0.4) is 0 Å². The number of carbonyl (C=O) groups excluding carboxylic acids is 1. The lowest BCUT2D eigenvalue weighted by molar-refractivity contribution is -0.385. The Kier molecular flexibility index (Phi) is 4.69. The van der Waals surface area contributed by atoms with Gasteiger partial charge in [-0.1, -0.05) is 35.3 Å². The largest absolute Gasteiger partial charge is 0.501 e. The van der Waals surface area contributed by atoms with Crippen LogP contribution in [-0.2, 0) is 0 Å². The maximum Gasteiger partial charge on any atom is 0.323 e. The summed E-state index contributed by atoms with van der Waals surface area (Å²) in [7, 11) is 0. The number of nitrogens with one attached hydrogen (secondary N) is 2. The quantitative estimate of drug-likeness (QED) is 0.440. The van der Waals surface area contributed by atoms with Crippen LogP contribution in [0.2, 0.25) is 10.0 Å². The number of nitro benzene ring substituents is 1. The molecule has 0 aliphatic heterocycles. The average molecular weight is 342 g/mol. The third-order valence-electron chi connectivity index (χ3n) is 2.66. The standard InChI is InChI=1S/C13H9Cl2N3O4/c14-7-3-1-4-8(11(7)15)16-13(20)17-9-5-2-6-10(12(9)19)18(21)22/h1-6,19H,(H2,16,17,20). The number of para-hydroxylation sites is 1. The van der Waals surface area contributed by atoms with Crippen molar-refractivity contribution in [3.8, 4) is 5.75 Å². The number of halogens is 2. The molecule has 0 aromatic heterocycles. The maximum absolute atomic E-state index is 11.9. The summed E-state index contributed by atoms with van der Waals surface area (Å²) >= 11 is 11.7. The Morgan fingerprint density at radius 1 is 1.09 bits per heavy atom. The molecule has 114 valence electrons. The van der Waals surface area contributed by atoms with Crippen LogP contribution in [0.1, 0.15) is 0 Å². The minimum atomic E-state index is -0.758. The van der Waals surface area contributed by atoms with Gasteiger partial charge >= 0.3 is 11.7 Å². The van der Waals surface area contributed by atoms with Gasteiger partial charge in [0.05, 0.1) is 26.3 Å². The molecule has 2 rings (SSSR count). The fourth-order valence-corrected chi connectivity index (χ4v) is 2.00. The van der Waals surface area contributed by atoms with E-state index in [0.29, 0.717) is 0 Å². The molecule has 0 fully saturated rings. The van der Waals surface area contributed by atoms with E-state index in [0.717, 1.165) is 6.07 Å². The topological polar surface area (TPSA) is 104 Å². The molecular formula is C13H9Cl2N3O4. The number of aromatic hydroxyl groups is 1. The number of phenolic OH excluding ortho intramolecular Hbond substituents is 1. The highest BCUT2D eigenvalue weighted by atomic mass is 35.5. The Hall–Kier alpha value is -2.51. The summed E-state index contributed by atoms with van der Waals surface area (Å²) in [5, 5.41) is 25.6. The summed E-state index contributed by atoms with van der Waals surface area (Å²) in [4.78, 5) is 21.8. The molecular weight excluding hydrogens is 333 g/mol. The summed E-state index contributed by atoms with van der Waals surface area (Å²) in [5.41, 5.74) is -0.361. The number of nitro groups is 1. The van der Waals surface area contributed by atoms with E-state index in [9.17, 15) is 20.0 Å². The van der Waals surface area contributed by atoms with Crippen molar-refractivity contribution in [3.63, 3.8) is 0 Å². The molecule has 2 aromatic rings. The zero-order valence-corrected chi connectivity index (χ0v) is 12.4. The van der Waals surface area contributed by atoms with Crippen LogP contribution in [0.4, 0.5) is 21.9 Å². The zero-order chi connectivity index (χ0) is 16.3. The first kappa shape index (κ1) is 15.9. The van der Waals surface area contributed by atoms with E-state index >= 15 is 0 Å². The van der Waals surface area contributed by atoms with E-state index < -0.39 is 22.4 Å². The first-order valence-electron chi connectivity index (χ1n) is 5.88. The van der Waals surface area contributed by atoms with Gasteiger partial charge in [-0.15, -0.1) is 0 Å². The van der Waals surface area contributed by atoms with Crippen molar-refractivity contribution < 1.29 is 14.8 Å². The maximum atomic E-state index is 11.9. The number of nitrogens with zero attached hydrogens (tertiary/aromatic N) is 1. The van der Waals surface area contributed by atoms with Crippen molar-refractivity contribution in [2.75, 3.05) is 10.6 Å². The fourth-order valence-electron chi connectivity index (χ4n) is 1.66. The Labute approximate surface area is 134 Å². The van der Waals surface area contributed by atoms with Gasteiger partial charge in [-0.3, -0.25) is 10.1 Å². The van der Waals surface area contributed by atoms with Crippen LogP contribution < -0.4 is 10.6 Å². The molecule has 0 saturated carbocycles. The van der Waals surface area contributed by atoms with Crippen molar-refractivity contribution in [2.45, 2.75) is 0 Å². The SMILES string of the molecule is O=C(Nc1cccc([N+](=O)[O-])c1O)Nc1cccc(Cl)c1Cl. The van der Waals surface area contributed by atoms with Crippen molar-refractivity contribution >= 4 is 46.3 Å². The minimum Gasteiger partial charge on any atom is -0.501 e. The number of hydrogen-bond acceptors (Lipinski definition) is 4. The number of benzene rings is 2. The molecule has 0 bridgehead atoms. The van der Waals surface area contributed by atoms with E-state index in [2.05, 4.69) is 10.6 Å². The minimum absolute atomic E-state index is 0.107. The van der Waals surface area contributed by atoms with Crippen LogP contribution in [-0.4, -0.2) is 16.1 Å². The smallest absolute Gasteiger partial charge is 0.323 e. The van der Waals surface area contributed by atoms with E-state index in [1.165, 1.54) is 18.2 Å². The lowest BCUT2D eigenvalue weighted by atomic mass is 10.2. The summed E-state index contributed by atoms with van der Waals surface area (Å²) in [6.45, 7) is 0. The zero-order valence-electron chi connectivity index (χ0n) is 10.8. The molecule has 2 aromatic carbocycles. The second-order valence-corrected chi connectivity index (χ2v) is 4.90. The normalized spacial score (nSPS) is 10.1. The number of amides is 2. The summed E-state index contributed by atoms with van der Waals surface area (Å²) in [6, 6.07) is 7.71. The van der Waals surface area contributed by atoms with Crippen molar-refractivity contribution in [1.29, 1.82) is 0 Å². The molecule has 0 heterocycles. The number of urea groups is 1. The first-order chi connectivity index (χ1) is 10.4. The number of phenols is 1. The molecule has 22 heavy (non-hydrogen) atoms. The summed E-state index contributed by atoms with van der Waals surface area (Å²) in [6.07, 6.45) is 0. The third-order valence-corrected chi connectivity index (χ3v) is 3.48.